The topological polar surface area (TPSA) is 56.8 Å². The summed E-state index contributed by atoms with van der Waals surface area (Å²) in [5.41, 5.74) is 0.734. The van der Waals surface area contributed by atoms with E-state index in [-0.39, 0.29) is 12.5 Å². The third kappa shape index (κ3) is 4.80. The first-order valence-corrected chi connectivity index (χ1v) is 7.60. The van der Waals surface area contributed by atoms with E-state index in [0.717, 1.165) is 9.26 Å². The van der Waals surface area contributed by atoms with Gasteiger partial charge in [0, 0.05) is 27.5 Å². The number of nitrogens with one attached hydrogen (secondary N) is 1. The van der Waals surface area contributed by atoms with Gasteiger partial charge in [-0.25, -0.2) is 0 Å². The van der Waals surface area contributed by atoms with E-state index in [2.05, 4.69) is 27.9 Å². The van der Waals surface area contributed by atoms with Gasteiger partial charge in [0.15, 0.2) is 6.61 Å². The Bertz CT molecular complexity index is 621. The van der Waals surface area contributed by atoms with Gasteiger partial charge < -0.3 is 19.5 Å². The molecule has 2 aromatic rings. The molecule has 1 amide bonds. The molecule has 0 aliphatic heterocycles. The first-order chi connectivity index (χ1) is 10.6. The average molecular weight is 413 g/mol. The molecule has 0 unspecified atom stereocenters. The zero-order valence-corrected chi connectivity index (χ0v) is 14.4. The van der Waals surface area contributed by atoms with Crippen LogP contribution in [0.25, 0.3) is 0 Å². The molecule has 0 heterocycles. The summed E-state index contributed by atoms with van der Waals surface area (Å²) in [7, 11) is 3.12. The minimum atomic E-state index is -0.233. The molecule has 116 valence electrons. The van der Waals surface area contributed by atoms with Crippen LogP contribution in [0.1, 0.15) is 0 Å². The Hall–Kier alpha value is -1.96. The fraction of sp³-hybridized carbons (Fsp3) is 0.188. The SMILES string of the molecule is COc1cc(OC)cc(OCC(=O)Nc2ccc(I)cc2)c1. The zero-order chi connectivity index (χ0) is 15.9. The van der Waals surface area contributed by atoms with Crippen molar-refractivity contribution in [2.45, 2.75) is 0 Å². The molecule has 2 rings (SSSR count). The minimum Gasteiger partial charge on any atom is -0.496 e. The van der Waals surface area contributed by atoms with Crippen molar-refractivity contribution < 1.29 is 19.0 Å². The molecule has 0 bridgehead atoms. The molecule has 0 radical (unpaired) electrons. The van der Waals surface area contributed by atoms with Crippen LogP contribution in [0.15, 0.2) is 42.5 Å². The minimum absolute atomic E-state index is 0.0949. The lowest BCUT2D eigenvalue weighted by atomic mass is 10.3. The zero-order valence-electron chi connectivity index (χ0n) is 12.3. The van der Waals surface area contributed by atoms with Crippen molar-refractivity contribution in [2.24, 2.45) is 0 Å². The Morgan fingerprint density at radius 3 is 2.09 bits per heavy atom. The van der Waals surface area contributed by atoms with E-state index < -0.39 is 0 Å². The van der Waals surface area contributed by atoms with E-state index in [1.165, 1.54) is 0 Å². The molecule has 5 nitrogen and oxygen atoms in total. The van der Waals surface area contributed by atoms with Crippen molar-refractivity contribution in [2.75, 3.05) is 26.1 Å². The quantitative estimate of drug-likeness (QED) is 0.739. The molecule has 0 aliphatic rings. The highest BCUT2D eigenvalue weighted by Gasteiger charge is 2.07. The Kier molecular flexibility index (Phi) is 5.88. The highest BCUT2D eigenvalue weighted by atomic mass is 127. The van der Waals surface area contributed by atoms with Gasteiger partial charge >= 0.3 is 0 Å². The fourth-order valence-corrected chi connectivity index (χ4v) is 2.10. The smallest absolute Gasteiger partial charge is 0.262 e. The van der Waals surface area contributed by atoms with Gasteiger partial charge in [0.25, 0.3) is 5.91 Å². The highest BCUT2D eigenvalue weighted by molar-refractivity contribution is 14.1. The summed E-state index contributed by atoms with van der Waals surface area (Å²) < 4.78 is 16.9. The van der Waals surface area contributed by atoms with Crippen LogP contribution in [0.4, 0.5) is 5.69 Å². The van der Waals surface area contributed by atoms with E-state index in [1.807, 2.05) is 24.3 Å². The summed E-state index contributed by atoms with van der Waals surface area (Å²) in [6, 6.07) is 12.6. The van der Waals surface area contributed by atoms with E-state index >= 15 is 0 Å². The van der Waals surface area contributed by atoms with Gasteiger partial charge in [0.2, 0.25) is 0 Å². The van der Waals surface area contributed by atoms with Crippen molar-refractivity contribution in [1.29, 1.82) is 0 Å². The molecular formula is C16H16INO4. The standard InChI is InChI=1S/C16H16INO4/c1-20-13-7-14(21-2)9-15(8-13)22-10-16(19)18-12-5-3-11(17)4-6-12/h3-9H,10H2,1-2H3,(H,18,19). The Morgan fingerprint density at radius 2 is 1.55 bits per heavy atom. The lowest BCUT2D eigenvalue weighted by Crippen LogP contribution is -2.20. The van der Waals surface area contributed by atoms with Gasteiger partial charge in [-0.05, 0) is 46.9 Å². The van der Waals surface area contributed by atoms with Gasteiger partial charge in [-0.1, -0.05) is 0 Å². The van der Waals surface area contributed by atoms with Crippen LogP contribution in [0.3, 0.4) is 0 Å². The lowest BCUT2D eigenvalue weighted by Gasteiger charge is -2.10. The molecule has 0 fully saturated rings. The van der Waals surface area contributed by atoms with Crippen molar-refractivity contribution in [1.82, 2.24) is 0 Å². The van der Waals surface area contributed by atoms with Crippen LogP contribution >= 0.6 is 22.6 Å². The maximum Gasteiger partial charge on any atom is 0.262 e. The Morgan fingerprint density at radius 1 is 1.00 bits per heavy atom. The summed E-state index contributed by atoms with van der Waals surface area (Å²) in [5, 5.41) is 2.77. The Labute approximate surface area is 142 Å². The predicted octanol–water partition coefficient (Wildman–Crippen LogP) is 3.33. The summed E-state index contributed by atoms with van der Waals surface area (Å²) in [5.74, 6) is 1.48. The molecule has 0 aromatic heterocycles. The maximum absolute atomic E-state index is 11.9. The van der Waals surface area contributed by atoms with Gasteiger partial charge in [0.1, 0.15) is 17.2 Å². The number of amides is 1. The number of carbonyl (C=O) groups is 1. The highest BCUT2D eigenvalue weighted by Crippen LogP contribution is 2.27. The number of anilines is 1. The molecule has 2 aromatic carbocycles. The maximum atomic E-state index is 11.9. The van der Waals surface area contributed by atoms with Gasteiger partial charge in [-0.3, -0.25) is 4.79 Å². The van der Waals surface area contributed by atoms with Crippen molar-refractivity contribution >= 4 is 34.2 Å². The van der Waals surface area contributed by atoms with Crippen molar-refractivity contribution in [3.05, 3.63) is 46.0 Å². The fourth-order valence-electron chi connectivity index (χ4n) is 1.74. The van der Waals surface area contributed by atoms with E-state index in [9.17, 15) is 4.79 Å². The predicted molar refractivity (Wildman–Crippen MR) is 92.8 cm³/mol. The molecule has 22 heavy (non-hydrogen) atoms. The van der Waals surface area contributed by atoms with E-state index in [0.29, 0.717) is 17.2 Å². The third-order valence-corrected chi connectivity index (χ3v) is 3.54. The average Bonchev–Trinajstić information content (AvgIpc) is 2.54. The number of hydrogen-bond acceptors (Lipinski definition) is 4. The molecule has 1 N–H and O–H groups in total. The summed E-state index contributed by atoms with van der Waals surface area (Å²) in [6.45, 7) is -0.0949. The van der Waals surface area contributed by atoms with E-state index in [1.54, 1.807) is 32.4 Å². The van der Waals surface area contributed by atoms with Gasteiger partial charge in [-0.15, -0.1) is 0 Å². The van der Waals surface area contributed by atoms with Crippen LogP contribution in [-0.4, -0.2) is 26.7 Å². The Balaban J connectivity index is 1.94. The third-order valence-electron chi connectivity index (χ3n) is 2.82. The number of rotatable bonds is 6. The monoisotopic (exact) mass is 413 g/mol. The number of methoxy groups -OCH3 is 2. The first-order valence-electron chi connectivity index (χ1n) is 6.52. The molecule has 0 saturated carbocycles. The number of carbonyl (C=O) groups excluding carboxylic acids is 1. The second-order valence-electron chi connectivity index (χ2n) is 4.39. The first kappa shape index (κ1) is 16.4. The number of hydrogen-bond donors (Lipinski definition) is 1. The molecular weight excluding hydrogens is 397 g/mol. The molecule has 6 heteroatoms. The number of halogens is 1. The van der Waals surface area contributed by atoms with Gasteiger partial charge in [-0.2, -0.15) is 0 Å². The van der Waals surface area contributed by atoms with Crippen LogP contribution in [0.5, 0.6) is 17.2 Å². The molecule has 0 saturated heterocycles. The molecule has 0 aliphatic carbocycles. The van der Waals surface area contributed by atoms with Crippen LogP contribution in [0, 0.1) is 3.57 Å². The van der Waals surface area contributed by atoms with Crippen molar-refractivity contribution in [3.63, 3.8) is 0 Å². The number of ether oxygens (including phenoxy) is 3. The lowest BCUT2D eigenvalue weighted by molar-refractivity contribution is -0.118. The van der Waals surface area contributed by atoms with Crippen LogP contribution < -0.4 is 19.5 Å². The van der Waals surface area contributed by atoms with Crippen molar-refractivity contribution in [3.8, 4) is 17.2 Å². The van der Waals surface area contributed by atoms with E-state index in [4.69, 9.17) is 14.2 Å². The van der Waals surface area contributed by atoms with Gasteiger partial charge in [0.05, 0.1) is 14.2 Å². The molecule has 0 spiro atoms. The summed E-state index contributed by atoms with van der Waals surface area (Å²) in [6.07, 6.45) is 0. The number of benzene rings is 2. The normalized spacial score (nSPS) is 9.95. The summed E-state index contributed by atoms with van der Waals surface area (Å²) in [4.78, 5) is 11.9. The van der Waals surface area contributed by atoms with Crippen LogP contribution in [0.2, 0.25) is 0 Å². The second kappa shape index (κ2) is 7.88. The largest absolute Gasteiger partial charge is 0.496 e. The molecule has 0 atom stereocenters. The van der Waals surface area contributed by atoms with Crippen LogP contribution in [-0.2, 0) is 4.79 Å². The summed E-state index contributed by atoms with van der Waals surface area (Å²) >= 11 is 2.21. The second-order valence-corrected chi connectivity index (χ2v) is 5.64.